The highest BCUT2D eigenvalue weighted by Gasteiger charge is 2.27. The molecule has 0 saturated carbocycles. The van der Waals surface area contributed by atoms with E-state index in [1.54, 1.807) is 11.8 Å². The zero-order valence-corrected chi connectivity index (χ0v) is 19.2. The first-order chi connectivity index (χ1) is 14.7. The highest BCUT2D eigenvalue weighted by Crippen LogP contribution is 2.21. The van der Waals surface area contributed by atoms with Crippen molar-refractivity contribution in [1.29, 1.82) is 0 Å². The van der Waals surface area contributed by atoms with Crippen LogP contribution in [0.4, 0.5) is 5.69 Å². The topological polar surface area (TPSA) is 50.7 Å². The minimum atomic E-state index is -0.413. The summed E-state index contributed by atoms with van der Waals surface area (Å²) >= 11 is 0. The Morgan fingerprint density at radius 3 is 2.29 bits per heavy atom. The molecule has 3 rings (SSSR count). The largest absolute Gasteiger partial charge is 0.497 e. The van der Waals surface area contributed by atoms with E-state index in [9.17, 15) is 4.79 Å². The maximum absolute atomic E-state index is 12.7. The second-order valence-electron chi connectivity index (χ2n) is 8.73. The van der Waals surface area contributed by atoms with Gasteiger partial charge in [-0.15, -0.1) is 4.68 Å². The monoisotopic (exact) mass is 419 g/mol. The van der Waals surface area contributed by atoms with Crippen molar-refractivity contribution in [3.05, 3.63) is 66.5 Å². The predicted molar refractivity (Wildman–Crippen MR) is 125 cm³/mol. The number of nitrogens with zero attached hydrogens (tertiary/aromatic N) is 4. The minimum Gasteiger partial charge on any atom is -0.497 e. The second kappa shape index (κ2) is 9.16. The van der Waals surface area contributed by atoms with Gasteiger partial charge in [0.1, 0.15) is 18.5 Å². The van der Waals surface area contributed by atoms with Gasteiger partial charge in [0.15, 0.2) is 12.0 Å². The van der Waals surface area contributed by atoms with E-state index in [1.165, 1.54) is 0 Å². The number of Topliss-reactive ketones (excluding diaryl/α,β-unsaturated/α-hetero) is 1. The van der Waals surface area contributed by atoms with Gasteiger partial charge in [-0.3, -0.25) is 4.79 Å². The third-order valence-electron chi connectivity index (χ3n) is 5.12. The van der Waals surface area contributed by atoms with Crippen molar-refractivity contribution in [3.8, 4) is 17.1 Å². The second-order valence-corrected chi connectivity index (χ2v) is 8.73. The van der Waals surface area contributed by atoms with E-state index in [4.69, 9.17) is 4.74 Å². The predicted octanol–water partition coefficient (Wildman–Crippen LogP) is 4.01. The molecule has 0 aliphatic heterocycles. The first-order valence-electron chi connectivity index (χ1n) is 10.3. The van der Waals surface area contributed by atoms with Crippen LogP contribution in [0.2, 0.25) is 0 Å². The Kier molecular flexibility index (Phi) is 6.59. The standard InChI is InChI=1S/C25H31N4O2/c1-25(2,3)23(30)18-28-15-16-29(24(28)20-9-13-22(31-6)14-10-20)26-17-19-7-11-21(12-8-19)27(4)5/h7-17H,18H2,1-6H3/q+1/b26-17+. The lowest BCUT2D eigenvalue weighted by Gasteiger charge is -2.15. The van der Waals surface area contributed by atoms with E-state index in [0.29, 0.717) is 0 Å². The summed E-state index contributed by atoms with van der Waals surface area (Å²) in [6, 6.07) is 16.0. The molecule has 0 atom stereocenters. The van der Waals surface area contributed by atoms with Crippen LogP contribution in [0.5, 0.6) is 5.75 Å². The van der Waals surface area contributed by atoms with Gasteiger partial charge in [-0.1, -0.05) is 38.0 Å². The molecule has 0 spiro atoms. The fraction of sp³-hybridized carbons (Fsp3) is 0.320. The molecule has 31 heavy (non-hydrogen) atoms. The highest BCUT2D eigenvalue weighted by molar-refractivity contribution is 5.82. The lowest BCUT2D eigenvalue weighted by atomic mass is 9.91. The Balaban J connectivity index is 1.97. The zero-order chi connectivity index (χ0) is 22.6. The molecule has 1 heterocycles. The van der Waals surface area contributed by atoms with Gasteiger partial charge in [-0.05, 0) is 42.0 Å². The number of methoxy groups -OCH3 is 1. The van der Waals surface area contributed by atoms with Crippen LogP contribution >= 0.6 is 0 Å². The molecule has 0 amide bonds. The number of imidazole rings is 1. The normalized spacial score (nSPS) is 11.7. The van der Waals surface area contributed by atoms with Crippen molar-refractivity contribution in [2.24, 2.45) is 10.5 Å². The maximum atomic E-state index is 12.7. The molecule has 0 N–H and O–H groups in total. The van der Waals surface area contributed by atoms with Crippen molar-refractivity contribution in [1.82, 2.24) is 4.68 Å². The van der Waals surface area contributed by atoms with Gasteiger partial charge in [-0.25, -0.2) is 4.57 Å². The van der Waals surface area contributed by atoms with Crippen LogP contribution in [0.3, 0.4) is 0 Å². The van der Waals surface area contributed by atoms with Crippen molar-refractivity contribution < 1.29 is 14.1 Å². The molecule has 3 aromatic rings. The fourth-order valence-electron chi connectivity index (χ4n) is 3.05. The molecule has 2 aromatic carbocycles. The maximum Gasteiger partial charge on any atom is 0.314 e. The van der Waals surface area contributed by atoms with Gasteiger partial charge in [0.2, 0.25) is 0 Å². The number of carbonyl (C=O) groups is 1. The number of aromatic nitrogens is 2. The minimum absolute atomic E-state index is 0.160. The SMILES string of the molecule is COc1ccc(-c2n(/N=C/c3ccc(N(C)C)cc3)cc[n+]2CC(=O)C(C)(C)C)cc1. The number of rotatable bonds is 7. The molecule has 0 aliphatic rings. The molecular weight excluding hydrogens is 388 g/mol. The molecule has 1 aromatic heterocycles. The number of ketones is 1. The average molecular weight is 420 g/mol. The quantitative estimate of drug-likeness (QED) is 0.429. The number of benzene rings is 2. The summed E-state index contributed by atoms with van der Waals surface area (Å²) in [6.45, 7) is 6.10. The number of hydrogen-bond donors (Lipinski definition) is 0. The lowest BCUT2D eigenvalue weighted by Crippen LogP contribution is -2.42. The molecule has 0 radical (unpaired) electrons. The molecule has 0 bridgehead atoms. The van der Waals surface area contributed by atoms with E-state index in [0.717, 1.165) is 28.4 Å². The van der Waals surface area contributed by atoms with Gasteiger partial charge in [-0.2, -0.15) is 0 Å². The Morgan fingerprint density at radius 1 is 1.10 bits per heavy atom. The summed E-state index contributed by atoms with van der Waals surface area (Å²) in [5, 5.41) is 4.67. The van der Waals surface area contributed by atoms with E-state index >= 15 is 0 Å². The Bertz CT molecular complexity index is 1060. The average Bonchev–Trinajstić information content (AvgIpc) is 3.14. The van der Waals surface area contributed by atoms with E-state index < -0.39 is 5.41 Å². The first kappa shape index (κ1) is 22.3. The molecule has 0 saturated heterocycles. The summed E-state index contributed by atoms with van der Waals surface area (Å²) in [4.78, 5) is 14.8. The molecule has 0 fully saturated rings. The molecular formula is C25H31N4O2+. The van der Waals surface area contributed by atoms with Crippen molar-refractivity contribution in [3.63, 3.8) is 0 Å². The van der Waals surface area contributed by atoms with Crippen molar-refractivity contribution in [2.75, 3.05) is 26.1 Å². The molecule has 6 heteroatoms. The summed E-state index contributed by atoms with van der Waals surface area (Å²) in [5.41, 5.74) is 2.67. The third kappa shape index (κ3) is 5.40. The van der Waals surface area contributed by atoms with Crippen LogP contribution in [0, 0.1) is 5.41 Å². The number of hydrogen-bond acceptors (Lipinski definition) is 4. The molecule has 0 unspecified atom stereocenters. The van der Waals surface area contributed by atoms with Crippen LogP contribution in [0.15, 0.2) is 66.0 Å². The van der Waals surface area contributed by atoms with Gasteiger partial charge in [0.05, 0.1) is 18.9 Å². The van der Waals surface area contributed by atoms with Gasteiger partial charge in [0.25, 0.3) is 0 Å². The Hall–Kier alpha value is -3.41. The van der Waals surface area contributed by atoms with Crippen LogP contribution < -0.4 is 14.2 Å². The number of anilines is 1. The summed E-state index contributed by atoms with van der Waals surface area (Å²) < 4.78 is 9.04. The molecule has 162 valence electrons. The van der Waals surface area contributed by atoms with Crippen molar-refractivity contribution in [2.45, 2.75) is 27.3 Å². The zero-order valence-electron chi connectivity index (χ0n) is 19.2. The van der Waals surface area contributed by atoms with Crippen LogP contribution in [-0.2, 0) is 11.3 Å². The van der Waals surface area contributed by atoms with Gasteiger partial charge < -0.3 is 9.64 Å². The third-order valence-corrected chi connectivity index (χ3v) is 5.12. The molecule has 6 nitrogen and oxygen atoms in total. The van der Waals surface area contributed by atoms with Crippen molar-refractivity contribution >= 4 is 17.7 Å². The first-order valence-corrected chi connectivity index (χ1v) is 10.3. The number of carbonyl (C=O) groups excluding carboxylic acids is 1. The van der Waals surface area contributed by atoms with Gasteiger partial charge in [0, 0.05) is 25.2 Å². The van der Waals surface area contributed by atoms with Crippen LogP contribution in [0.1, 0.15) is 26.3 Å². The molecule has 0 aliphatic carbocycles. The smallest absolute Gasteiger partial charge is 0.314 e. The van der Waals surface area contributed by atoms with E-state index in [1.807, 2.05) is 94.4 Å². The summed E-state index contributed by atoms with van der Waals surface area (Å²) in [5.74, 6) is 1.78. The van der Waals surface area contributed by atoms with E-state index in [2.05, 4.69) is 22.1 Å². The summed E-state index contributed by atoms with van der Waals surface area (Å²) in [6.07, 6.45) is 5.60. The Labute approximate surface area is 184 Å². The number of ether oxygens (including phenoxy) is 1. The van der Waals surface area contributed by atoms with Crippen LogP contribution in [0.25, 0.3) is 11.4 Å². The van der Waals surface area contributed by atoms with E-state index in [-0.39, 0.29) is 12.3 Å². The van der Waals surface area contributed by atoms with Crippen LogP contribution in [-0.4, -0.2) is 37.9 Å². The highest BCUT2D eigenvalue weighted by atomic mass is 16.5. The fourth-order valence-corrected chi connectivity index (χ4v) is 3.05. The van der Waals surface area contributed by atoms with Gasteiger partial charge >= 0.3 is 5.82 Å². The lowest BCUT2D eigenvalue weighted by molar-refractivity contribution is -0.673. The summed E-state index contributed by atoms with van der Waals surface area (Å²) in [7, 11) is 5.68. The Morgan fingerprint density at radius 2 is 1.74 bits per heavy atom.